The van der Waals surface area contributed by atoms with Gasteiger partial charge in [-0.05, 0) is 55.6 Å². The van der Waals surface area contributed by atoms with Gasteiger partial charge in [-0.3, -0.25) is 9.67 Å². The van der Waals surface area contributed by atoms with Crippen LogP contribution in [0.5, 0.6) is 0 Å². The normalized spacial score (nSPS) is 12.2. The SMILES string of the molecule is Cn1cc2c(F)c(Br)ccc2n1.Fc1c(Br)ccc2c1C=NC2. The standard InChI is InChI=1S/C8H6BrFN2.C8H5BrFN/c1-12-4-5-7(11-12)3-2-6(9)8(5)10;9-7-2-1-5-3-11-4-6(5)8(7)10/h2-4H,1H3;1-2,4H,3H2. The number of aliphatic imine (C=N–C) groups is 1. The van der Waals surface area contributed by atoms with E-state index in [0.29, 0.717) is 32.0 Å². The van der Waals surface area contributed by atoms with Crippen molar-refractivity contribution in [3.8, 4) is 0 Å². The fourth-order valence-corrected chi connectivity index (χ4v) is 2.96. The zero-order chi connectivity index (χ0) is 16.6. The van der Waals surface area contributed by atoms with Gasteiger partial charge in [0.25, 0.3) is 0 Å². The van der Waals surface area contributed by atoms with Crippen molar-refractivity contribution >= 4 is 49.0 Å². The summed E-state index contributed by atoms with van der Waals surface area (Å²) in [6.45, 7) is 0.611. The first-order valence-electron chi connectivity index (χ1n) is 6.71. The molecule has 0 radical (unpaired) electrons. The number of hydrogen-bond donors (Lipinski definition) is 0. The van der Waals surface area contributed by atoms with E-state index in [0.717, 1.165) is 5.56 Å². The monoisotopic (exact) mass is 441 g/mol. The molecule has 4 rings (SSSR count). The molecule has 0 spiro atoms. The molecular weight excluding hydrogens is 432 g/mol. The Morgan fingerprint density at radius 3 is 2.52 bits per heavy atom. The molecule has 3 aromatic rings. The summed E-state index contributed by atoms with van der Waals surface area (Å²) in [4.78, 5) is 3.97. The van der Waals surface area contributed by atoms with Crippen molar-refractivity contribution < 1.29 is 8.78 Å². The minimum absolute atomic E-state index is 0.205. The van der Waals surface area contributed by atoms with Gasteiger partial charge in [0.15, 0.2) is 0 Å². The highest BCUT2D eigenvalue weighted by atomic mass is 79.9. The molecule has 7 heteroatoms. The maximum atomic E-state index is 13.3. The largest absolute Gasteiger partial charge is 0.288 e. The van der Waals surface area contributed by atoms with Crippen molar-refractivity contribution in [2.45, 2.75) is 6.54 Å². The Kier molecular flexibility index (Phi) is 4.59. The number of aromatic nitrogens is 2. The topological polar surface area (TPSA) is 30.2 Å². The highest BCUT2D eigenvalue weighted by molar-refractivity contribution is 9.10. The molecule has 1 aliphatic heterocycles. The Bertz CT molecular complexity index is 919. The van der Waals surface area contributed by atoms with Crippen molar-refractivity contribution in [3.05, 3.63) is 62.2 Å². The number of aryl methyl sites for hydroxylation is 1. The Morgan fingerprint density at radius 1 is 1.04 bits per heavy atom. The minimum atomic E-state index is -0.249. The lowest BCUT2D eigenvalue weighted by Gasteiger charge is -1.99. The van der Waals surface area contributed by atoms with Gasteiger partial charge in [0.05, 0.1) is 26.4 Å². The maximum Gasteiger partial charge on any atom is 0.148 e. The third-order valence-corrected chi connectivity index (χ3v) is 4.62. The summed E-state index contributed by atoms with van der Waals surface area (Å²) >= 11 is 6.23. The summed E-state index contributed by atoms with van der Waals surface area (Å²) in [6, 6.07) is 7.03. The van der Waals surface area contributed by atoms with Gasteiger partial charge in [0, 0.05) is 25.0 Å². The summed E-state index contributed by atoms with van der Waals surface area (Å²) in [5, 5.41) is 4.62. The summed E-state index contributed by atoms with van der Waals surface area (Å²) in [5.74, 6) is -0.454. The molecule has 0 bridgehead atoms. The molecule has 0 saturated heterocycles. The maximum absolute atomic E-state index is 13.3. The lowest BCUT2D eigenvalue weighted by atomic mass is 10.1. The van der Waals surface area contributed by atoms with Crippen LogP contribution in [0.2, 0.25) is 0 Å². The molecule has 23 heavy (non-hydrogen) atoms. The van der Waals surface area contributed by atoms with E-state index in [4.69, 9.17) is 0 Å². The molecule has 1 aromatic heterocycles. The summed E-state index contributed by atoms with van der Waals surface area (Å²) in [5.41, 5.74) is 2.27. The Morgan fingerprint density at radius 2 is 1.74 bits per heavy atom. The first-order valence-corrected chi connectivity index (χ1v) is 8.30. The molecule has 0 N–H and O–H groups in total. The predicted molar refractivity (Wildman–Crippen MR) is 93.8 cm³/mol. The molecule has 1 aliphatic rings. The van der Waals surface area contributed by atoms with E-state index >= 15 is 0 Å². The first-order chi connectivity index (χ1) is 11.0. The van der Waals surface area contributed by atoms with Gasteiger partial charge in [0.1, 0.15) is 11.6 Å². The molecule has 2 aromatic carbocycles. The second kappa shape index (κ2) is 6.49. The van der Waals surface area contributed by atoms with Crippen LogP contribution in [0.15, 0.2) is 44.4 Å². The third kappa shape index (κ3) is 3.21. The van der Waals surface area contributed by atoms with E-state index in [9.17, 15) is 8.78 Å². The van der Waals surface area contributed by atoms with Gasteiger partial charge in [-0.2, -0.15) is 5.10 Å². The minimum Gasteiger partial charge on any atom is -0.288 e. The molecule has 0 amide bonds. The fourth-order valence-electron chi connectivity index (χ4n) is 2.27. The summed E-state index contributed by atoms with van der Waals surface area (Å²) in [6.07, 6.45) is 3.24. The fraction of sp³-hybridized carbons (Fsp3) is 0.125. The van der Waals surface area contributed by atoms with Crippen LogP contribution in [0.3, 0.4) is 0 Å². The molecule has 3 nitrogen and oxygen atoms in total. The van der Waals surface area contributed by atoms with E-state index < -0.39 is 0 Å². The molecule has 0 fully saturated rings. The van der Waals surface area contributed by atoms with E-state index in [-0.39, 0.29) is 11.6 Å². The third-order valence-electron chi connectivity index (χ3n) is 3.40. The van der Waals surface area contributed by atoms with E-state index in [1.54, 1.807) is 42.3 Å². The summed E-state index contributed by atoms with van der Waals surface area (Å²) < 4.78 is 29.1. The average Bonchev–Trinajstić information content (AvgIpc) is 3.14. The van der Waals surface area contributed by atoms with Gasteiger partial charge in [-0.1, -0.05) is 6.07 Å². The van der Waals surface area contributed by atoms with Crippen LogP contribution in [0.1, 0.15) is 11.1 Å². The van der Waals surface area contributed by atoms with Crippen molar-refractivity contribution in [2.75, 3.05) is 0 Å². The predicted octanol–water partition coefficient (Wildman–Crippen LogP) is 5.00. The zero-order valence-corrected chi connectivity index (χ0v) is 15.2. The van der Waals surface area contributed by atoms with Crippen LogP contribution in [-0.2, 0) is 13.6 Å². The van der Waals surface area contributed by atoms with Crippen molar-refractivity contribution in [2.24, 2.45) is 12.0 Å². The molecule has 0 unspecified atom stereocenters. The number of hydrogen-bond acceptors (Lipinski definition) is 2. The highest BCUT2D eigenvalue weighted by Crippen LogP contribution is 2.24. The lowest BCUT2D eigenvalue weighted by Crippen LogP contribution is -1.90. The van der Waals surface area contributed by atoms with Gasteiger partial charge >= 0.3 is 0 Å². The Hall–Kier alpha value is -1.60. The number of benzene rings is 2. The molecule has 0 atom stereocenters. The molecular formula is C16H11Br2F2N3. The average molecular weight is 443 g/mol. The second-order valence-corrected chi connectivity index (χ2v) is 6.71. The van der Waals surface area contributed by atoms with Crippen molar-refractivity contribution in [3.63, 3.8) is 0 Å². The summed E-state index contributed by atoms with van der Waals surface area (Å²) in [7, 11) is 1.77. The Balaban J connectivity index is 0.000000136. The number of fused-ring (bicyclic) bond motifs is 2. The van der Waals surface area contributed by atoms with Gasteiger partial charge in [-0.15, -0.1) is 0 Å². The smallest absolute Gasteiger partial charge is 0.148 e. The highest BCUT2D eigenvalue weighted by Gasteiger charge is 2.12. The van der Waals surface area contributed by atoms with Gasteiger partial charge in [-0.25, -0.2) is 8.78 Å². The van der Waals surface area contributed by atoms with Crippen molar-refractivity contribution in [1.82, 2.24) is 9.78 Å². The quantitative estimate of drug-likeness (QED) is 0.482. The Labute approximate surface area is 148 Å². The van der Waals surface area contributed by atoms with Crippen LogP contribution >= 0.6 is 31.9 Å². The number of nitrogens with zero attached hydrogens (tertiary/aromatic N) is 3. The first kappa shape index (κ1) is 16.3. The van der Waals surface area contributed by atoms with Crippen LogP contribution in [0, 0.1) is 11.6 Å². The van der Waals surface area contributed by atoms with E-state index in [2.05, 4.69) is 42.0 Å². The van der Waals surface area contributed by atoms with Crippen LogP contribution in [0.25, 0.3) is 10.9 Å². The van der Waals surface area contributed by atoms with E-state index in [1.165, 1.54) is 0 Å². The van der Waals surface area contributed by atoms with E-state index in [1.807, 2.05) is 6.07 Å². The van der Waals surface area contributed by atoms with Gasteiger partial charge < -0.3 is 0 Å². The van der Waals surface area contributed by atoms with Crippen LogP contribution in [-0.4, -0.2) is 16.0 Å². The molecule has 0 aliphatic carbocycles. The molecule has 2 heterocycles. The number of rotatable bonds is 0. The van der Waals surface area contributed by atoms with Gasteiger partial charge in [0.2, 0.25) is 0 Å². The molecule has 0 saturated carbocycles. The molecule has 118 valence electrons. The number of halogens is 4. The van der Waals surface area contributed by atoms with Crippen LogP contribution in [0.4, 0.5) is 8.78 Å². The van der Waals surface area contributed by atoms with Crippen molar-refractivity contribution in [1.29, 1.82) is 0 Å². The van der Waals surface area contributed by atoms with Crippen LogP contribution < -0.4 is 0 Å². The lowest BCUT2D eigenvalue weighted by molar-refractivity contribution is 0.618. The second-order valence-electron chi connectivity index (χ2n) is 5.00. The zero-order valence-electron chi connectivity index (χ0n) is 12.0.